The van der Waals surface area contributed by atoms with Crippen molar-refractivity contribution in [2.24, 2.45) is 0 Å². The number of rotatable bonds is 10. The molecule has 40 heavy (non-hydrogen) atoms. The molecule has 0 bridgehead atoms. The number of amides is 3. The maximum Gasteiger partial charge on any atom is 0.328 e. The molecule has 0 saturated heterocycles. The first-order valence-electron chi connectivity index (χ1n) is 12.2. The van der Waals surface area contributed by atoms with Crippen LogP contribution in [0.1, 0.15) is 21.7 Å². The fraction of sp³-hybridized carbons (Fsp3) is 0.0323. The van der Waals surface area contributed by atoms with Crippen LogP contribution in [0.25, 0.3) is 17.4 Å². The van der Waals surface area contributed by atoms with E-state index in [1.165, 1.54) is 6.08 Å². The number of carbonyl (C=O) groups excluding carboxylic acids is 3. The van der Waals surface area contributed by atoms with Crippen molar-refractivity contribution in [3.63, 3.8) is 0 Å². The van der Waals surface area contributed by atoms with Crippen LogP contribution < -0.4 is 16.0 Å². The summed E-state index contributed by atoms with van der Waals surface area (Å²) in [4.78, 5) is 48.9. The third kappa shape index (κ3) is 7.65. The Labute approximate surface area is 229 Å². The van der Waals surface area contributed by atoms with Gasteiger partial charge in [0.1, 0.15) is 17.2 Å². The van der Waals surface area contributed by atoms with Gasteiger partial charge < -0.3 is 25.5 Å². The van der Waals surface area contributed by atoms with Gasteiger partial charge in [-0.3, -0.25) is 14.4 Å². The Balaban J connectivity index is 1.54. The molecule has 0 atom stereocenters. The molecule has 0 unspecified atom stereocenters. The molecule has 0 aliphatic rings. The Kier molecular flexibility index (Phi) is 9.02. The van der Waals surface area contributed by atoms with E-state index in [1.54, 1.807) is 66.7 Å². The number of carboxylic acids is 1. The normalized spacial score (nSPS) is 11.2. The SMILES string of the molecule is O=C(O)C=CC(=O)Nc1ccccc1CNC(=O)C(=Cc1ccc(-c2ccccc2)o1)NC(=O)c1ccccc1. The van der Waals surface area contributed by atoms with Crippen molar-refractivity contribution in [3.05, 3.63) is 132 Å². The molecule has 9 heteroatoms. The van der Waals surface area contributed by atoms with Crippen LogP contribution in [0, 0.1) is 0 Å². The highest BCUT2D eigenvalue weighted by Gasteiger charge is 2.16. The Hall–Kier alpha value is -5.70. The van der Waals surface area contributed by atoms with E-state index in [0.717, 1.165) is 17.7 Å². The zero-order chi connectivity index (χ0) is 28.3. The number of furan rings is 1. The minimum absolute atomic E-state index is 0.00387. The van der Waals surface area contributed by atoms with Crippen molar-refractivity contribution >= 4 is 35.5 Å². The second-order valence-corrected chi connectivity index (χ2v) is 8.45. The Morgan fingerprint density at radius 1 is 0.775 bits per heavy atom. The predicted octanol–water partition coefficient (Wildman–Crippen LogP) is 4.61. The lowest BCUT2D eigenvalue weighted by Crippen LogP contribution is -2.34. The molecule has 1 aromatic heterocycles. The first-order valence-corrected chi connectivity index (χ1v) is 12.2. The summed E-state index contributed by atoms with van der Waals surface area (Å²) in [6.45, 7) is 0.00387. The van der Waals surface area contributed by atoms with Gasteiger partial charge in [-0.2, -0.15) is 0 Å². The molecule has 200 valence electrons. The minimum Gasteiger partial charge on any atom is -0.478 e. The average molecular weight is 536 g/mol. The monoisotopic (exact) mass is 535 g/mol. The molecule has 4 rings (SSSR count). The molecule has 4 aromatic rings. The topological polar surface area (TPSA) is 138 Å². The predicted molar refractivity (Wildman–Crippen MR) is 150 cm³/mol. The fourth-order valence-corrected chi connectivity index (χ4v) is 3.66. The van der Waals surface area contributed by atoms with Gasteiger partial charge in [-0.1, -0.05) is 66.7 Å². The zero-order valence-corrected chi connectivity index (χ0v) is 21.2. The van der Waals surface area contributed by atoms with Crippen LogP contribution in [0.3, 0.4) is 0 Å². The van der Waals surface area contributed by atoms with Crippen LogP contribution in [0.5, 0.6) is 0 Å². The average Bonchev–Trinajstić information content (AvgIpc) is 3.44. The van der Waals surface area contributed by atoms with Gasteiger partial charge in [-0.25, -0.2) is 4.79 Å². The molecular weight excluding hydrogens is 510 g/mol. The lowest BCUT2D eigenvalue weighted by Gasteiger charge is -2.13. The lowest BCUT2D eigenvalue weighted by atomic mass is 10.1. The van der Waals surface area contributed by atoms with Crippen LogP contribution in [-0.2, 0) is 20.9 Å². The van der Waals surface area contributed by atoms with Gasteiger partial charge in [-0.15, -0.1) is 0 Å². The molecule has 0 radical (unpaired) electrons. The maximum absolute atomic E-state index is 13.3. The maximum atomic E-state index is 13.3. The summed E-state index contributed by atoms with van der Waals surface area (Å²) in [6, 6.07) is 28.1. The van der Waals surface area contributed by atoms with E-state index in [2.05, 4.69) is 16.0 Å². The second kappa shape index (κ2) is 13.2. The third-order valence-electron chi connectivity index (χ3n) is 5.59. The number of nitrogens with one attached hydrogen (secondary N) is 3. The molecule has 3 aromatic carbocycles. The van der Waals surface area contributed by atoms with Crippen LogP contribution in [0.2, 0.25) is 0 Å². The van der Waals surface area contributed by atoms with Gasteiger partial charge in [0.25, 0.3) is 11.8 Å². The molecule has 0 spiro atoms. The Morgan fingerprint density at radius 2 is 1.45 bits per heavy atom. The number of aliphatic carboxylic acids is 1. The van der Waals surface area contributed by atoms with Crippen LogP contribution in [0.15, 0.2) is 119 Å². The minimum atomic E-state index is -1.25. The van der Waals surface area contributed by atoms with Gasteiger partial charge in [0.2, 0.25) is 5.91 Å². The van der Waals surface area contributed by atoms with E-state index < -0.39 is 23.7 Å². The van der Waals surface area contributed by atoms with Crippen molar-refractivity contribution in [1.82, 2.24) is 10.6 Å². The largest absolute Gasteiger partial charge is 0.478 e. The fourth-order valence-electron chi connectivity index (χ4n) is 3.66. The summed E-state index contributed by atoms with van der Waals surface area (Å²) in [6.07, 6.45) is 3.06. The molecule has 0 saturated carbocycles. The van der Waals surface area contributed by atoms with Crippen molar-refractivity contribution in [1.29, 1.82) is 0 Å². The highest BCUT2D eigenvalue weighted by molar-refractivity contribution is 6.05. The molecular formula is C31H25N3O6. The molecule has 0 aliphatic heterocycles. The van der Waals surface area contributed by atoms with Crippen molar-refractivity contribution in [2.45, 2.75) is 6.54 Å². The highest BCUT2D eigenvalue weighted by Crippen LogP contribution is 2.23. The van der Waals surface area contributed by atoms with E-state index in [1.807, 2.05) is 30.3 Å². The lowest BCUT2D eigenvalue weighted by molar-refractivity contribution is -0.131. The van der Waals surface area contributed by atoms with E-state index in [4.69, 9.17) is 9.52 Å². The molecule has 9 nitrogen and oxygen atoms in total. The quantitative estimate of drug-likeness (QED) is 0.219. The van der Waals surface area contributed by atoms with Crippen LogP contribution in [-0.4, -0.2) is 28.8 Å². The Bertz CT molecular complexity index is 1570. The van der Waals surface area contributed by atoms with Gasteiger partial charge in [-0.05, 0) is 35.9 Å². The van der Waals surface area contributed by atoms with Crippen molar-refractivity contribution in [2.75, 3.05) is 5.32 Å². The van der Waals surface area contributed by atoms with Gasteiger partial charge in [0.15, 0.2) is 0 Å². The summed E-state index contributed by atoms with van der Waals surface area (Å²) in [5, 5.41) is 16.7. The standard InChI is InChI=1S/C31H25N3O6/c35-28(17-18-29(36)37)33-25-14-8-7-13-23(25)20-32-31(39)26(34-30(38)22-11-5-2-6-12-22)19-24-15-16-27(40-24)21-9-3-1-4-10-21/h1-19H,20H2,(H,32,39)(H,33,35)(H,34,38)(H,36,37). The zero-order valence-electron chi connectivity index (χ0n) is 21.2. The summed E-state index contributed by atoms with van der Waals surface area (Å²) in [5.41, 5.74) is 2.13. The smallest absolute Gasteiger partial charge is 0.328 e. The first-order chi connectivity index (χ1) is 19.4. The summed E-state index contributed by atoms with van der Waals surface area (Å²) in [7, 11) is 0. The number of para-hydroxylation sites is 1. The van der Waals surface area contributed by atoms with Gasteiger partial charge in [0, 0.05) is 41.6 Å². The van der Waals surface area contributed by atoms with E-state index >= 15 is 0 Å². The Morgan fingerprint density at radius 3 is 2.17 bits per heavy atom. The number of carbonyl (C=O) groups is 4. The summed E-state index contributed by atoms with van der Waals surface area (Å²) in [5.74, 6) is -2.00. The molecule has 0 fully saturated rings. The third-order valence-corrected chi connectivity index (χ3v) is 5.59. The number of hydrogen-bond acceptors (Lipinski definition) is 5. The number of carboxylic acid groups (broad SMARTS) is 1. The highest BCUT2D eigenvalue weighted by atomic mass is 16.4. The van der Waals surface area contributed by atoms with E-state index in [-0.39, 0.29) is 12.2 Å². The van der Waals surface area contributed by atoms with Crippen LogP contribution >= 0.6 is 0 Å². The molecule has 3 amide bonds. The molecule has 0 aliphatic carbocycles. The number of hydrogen-bond donors (Lipinski definition) is 4. The number of anilines is 1. The summed E-state index contributed by atoms with van der Waals surface area (Å²) < 4.78 is 5.90. The van der Waals surface area contributed by atoms with Crippen molar-refractivity contribution in [3.8, 4) is 11.3 Å². The van der Waals surface area contributed by atoms with Gasteiger partial charge >= 0.3 is 5.97 Å². The summed E-state index contributed by atoms with van der Waals surface area (Å²) >= 11 is 0. The van der Waals surface area contributed by atoms with Crippen molar-refractivity contribution < 1.29 is 28.7 Å². The second-order valence-electron chi connectivity index (χ2n) is 8.45. The van der Waals surface area contributed by atoms with Crippen LogP contribution in [0.4, 0.5) is 5.69 Å². The number of benzene rings is 3. The van der Waals surface area contributed by atoms with Gasteiger partial charge in [0.05, 0.1) is 0 Å². The van der Waals surface area contributed by atoms with E-state index in [9.17, 15) is 19.2 Å². The first kappa shape index (κ1) is 27.3. The van der Waals surface area contributed by atoms with E-state index in [0.29, 0.717) is 28.3 Å². The molecule has 1 heterocycles. The molecule has 4 N–H and O–H groups in total.